The Labute approximate surface area is 180 Å². The number of amides is 1. The van der Waals surface area contributed by atoms with Crippen molar-refractivity contribution in [3.63, 3.8) is 0 Å². The molecule has 0 unspecified atom stereocenters. The smallest absolute Gasteiger partial charge is 0.359 e. The minimum Gasteiger partial charge on any atom is -0.451 e. The maximum atomic E-state index is 12.9. The van der Waals surface area contributed by atoms with Gasteiger partial charge in [-0.05, 0) is 30.4 Å². The van der Waals surface area contributed by atoms with Gasteiger partial charge >= 0.3 is 5.97 Å². The van der Waals surface area contributed by atoms with Gasteiger partial charge < -0.3 is 9.64 Å². The molecule has 1 fully saturated rings. The molecule has 2 heterocycles. The molecule has 3 aromatic rings. The van der Waals surface area contributed by atoms with E-state index in [1.165, 1.54) is 4.68 Å². The summed E-state index contributed by atoms with van der Waals surface area (Å²) >= 11 is 0. The number of carbonyl (C=O) groups excluding carboxylic acids is 2. The molecule has 7 nitrogen and oxygen atoms in total. The molecule has 0 aliphatic carbocycles. The Hall–Kier alpha value is -3.48. The van der Waals surface area contributed by atoms with Crippen LogP contribution in [0.5, 0.6) is 0 Å². The molecule has 1 amide bonds. The van der Waals surface area contributed by atoms with E-state index in [0.29, 0.717) is 29.8 Å². The van der Waals surface area contributed by atoms with Crippen LogP contribution < -0.4 is 5.56 Å². The van der Waals surface area contributed by atoms with Crippen molar-refractivity contribution in [3.05, 3.63) is 76.2 Å². The molecule has 2 aromatic carbocycles. The van der Waals surface area contributed by atoms with E-state index in [4.69, 9.17) is 4.74 Å². The van der Waals surface area contributed by atoms with Crippen LogP contribution in [0, 0.1) is 5.92 Å². The molecule has 0 N–H and O–H groups in total. The van der Waals surface area contributed by atoms with E-state index < -0.39 is 5.97 Å². The molecule has 4 rings (SSSR count). The number of aromatic nitrogens is 2. The molecule has 1 saturated heterocycles. The third kappa shape index (κ3) is 4.66. The van der Waals surface area contributed by atoms with Crippen LogP contribution in [0.1, 0.15) is 35.8 Å². The highest BCUT2D eigenvalue weighted by atomic mass is 16.5. The van der Waals surface area contributed by atoms with E-state index in [9.17, 15) is 14.4 Å². The van der Waals surface area contributed by atoms with Crippen molar-refractivity contribution in [2.45, 2.75) is 26.3 Å². The van der Waals surface area contributed by atoms with E-state index in [2.05, 4.69) is 12.0 Å². The van der Waals surface area contributed by atoms with Crippen LogP contribution >= 0.6 is 0 Å². The normalized spacial score (nSPS) is 16.3. The highest BCUT2D eigenvalue weighted by Gasteiger charge is 2.24. The lowest BCUT2D eigenvalue weighted by molar-refractivity contribution is -0.136. The maximum absolute atomic E-state index is 12.9. The SMILES string of the molecule is C[C@@H]1CCCN(C(=O)COC(=O)c2nn(Cc3ccccc3)c(=O)c3ccccc23)C1. The van der Waals surface area contributed by atoms with E-state index in [0.717, 1.165) is 18.4 Å². The average Bonchev–Trinajstić information content (AvgIpc) is 2.80. The molecular formula is C24H25N3O4. The molecule has 0 spiro atoms. The maximum Gasteiger partial charge on any atom is 0.359 e. The van der Waals surface area contributed by atoms with Crippen LogP contribution in [-0.2, 0) is 16.1 Å². The summed E-state index contributed by atoms with van der Waals surface area (Å²) in [7, 11) is 0. The van der Waals surface area contributed by atoms with Gasteiger partial charge in [0.25, 0.3) is 11.5 Å². The second-order valence-electron chi connectivity index (χ2n) is 8.01. The van der Waals surface area contributed by atoms with Gasteiger partial charge in [0.15, 0.2) is 12.3 Å². The predicted molar refractivity (Wildman–Crippen MR) is 117 cm³/mol. The summed E-state index contributed by atoms with van der Waals surface area (Å²) in [6.07, 6.45) is 2.06. The fourth-order valence-corrected chi connectivity index (χ4v) is 3.95. The molecule has 1 aromatic heterocycles. The minimum atomic E-state index is -0.712. The number of hydrogen-bond acceptors (Lipinski definition) is 5. The molecule has 1 atom stereocenters. The number of esters is 1. The number of piperidine rings is 1. The summed E-state index contributed by atoms with van der Waals surface area (Å²) in [5, 5.41) is 5.11. The van der Waals surface area contributed by atoms with Gasteiger partial charge in [0.1, 0.15) is 0 Å². The van der Waals surface area contributed by atoms with Crippen LogP contribution in [0.4, 0.5) is 0 Å². The largest absolute Gasteiger partial charge is 0.451 e. The Morgan fingerprint density at radius 2 is 1.77 bits per heavy atom. The van der Waals surface area contributed by atoms with Crippen molar-refractivity contribution in [1.29, 1.82) is 0 Å². The van der Waals surface area contributed by atoms with Crippen LogP contribution in [0.2, 0.25) is 0 Å². The lowest BCUT2D eigenvalue weighted by Crippen LogP contribution is -2.41. The summed E-state index contributed by atoms with van der Waals surface area (Å²) < 4.78 is 6.59. The van der Waals surface area contributed by atoms with Crippen molar-refractivity contribution in [1.82, 2.24) is 14.7 Å². The number of carbonyl (C=O) groups is 2. The van der Waals surface area contributed by atoms with E-state index in [-0.39, 0.29) is 30.3 Å². The first kappa shape index (κ1) is 20.8. The first-order valence-electron chi connectivity index (χ1n) is 10.5. The fourth-order valence-electron chi connectivity index (χ4n) is 3.95. The highest BCUT2D eigenvalue weighted by molar-refractivity contribution is 6.02. The van der Waals surface area contributed by atoms with Gasteiger partial charge in [-0.25, -0.2) is 9.48 Å². The Kier molecular flexibility index (Phi) is 6.11. The first-order chi connectivity index (χ1) is 15.0. The van der Waals surface area contributed by atoms with Crippen LogP contribution in [0.25, 0.3) is 10.8 Å². The molecule has 0 saturated carbocycles. The number of nitrogens with zero attached hydrogens (tertiary/aromatic N) is 3. The number of fused-ring (bicyclic) bond motifs is 1. The molecule has 0 bridgehead atoms. The Balaban J connectivity index is 1.58. The Bertz CT molecular complexity index is 1160. The quantitative estimate of drug-likeness (QED) is 0.594. The second-order valence-corrected chi connectivity index (χ2v) is 8.01. The highest BCUT2D eigenvalue weighted by Crippen LogP contribution is 2.17. The van der Waals surface area contributed by atoms with Crippen LogP contribution in [-0.4, -0.2) is 46.3 Å². The topological polar surface area (TPSA) is 81.5 Å². The number of benzene rings is 2. The van der Waals surface area contributed by atoms with E-state index in [1.54, 1.807) is 29.2 Å². The Morgan fingerprint density at radius 1 is 1.06 bits per heavy atom. The summed E-state index contributed by atoms with van der Waals surface area (Å²) in [5.74, 6) is -0.473. The van der Waals surface area contributed by atoms with Gasteiger partial charge in [-0.1, -0.05) is 55.5 Å². The monoisotopic (exact) mass is 419 g/mol. The van der Waals surface area contributed by atoms with Gasteiger partial charge in [0.05, 0.1) is 11.9 Å². The van der Waals surface area contributed by atoms with Gasteiger partial charge in [-0.3, -0.25) is 9.59 Å². The van der Waals surface area contributed by atoms with Crippen molar-refractivity contribution in [3.8, 4) is 0 Å². The van der Waals surface area contributed by atoms with Crippen molar-refractivity contribution >= 4 is 22.6 Å². The molecule has 160 valence electrons. The van der Waals surface area contributed by atoms with Gasteiger partial charge in [-0.2, -0.15) is 5.10 Å². The second kappa shape index (κ2) is 9.12. The van der Waals surface area contributed by atoms with Crippen LogP contribution in [0.15, 0.2) is 59.4 Å². The zero-order chi connectivity index (χ0) is 21.8. The molecule has 0 radical (unpaired) electrons. The number of hydrogen-bond donors (Lipinski definition) is 0. The molecule has 1 aliphatic rings. The molecule has 1 aliphatic heterocycles. The van der Waals surface area contributed by atoms with Crippen molar-refractivity contribution in [2.75, 3.05) is 19.7 Å². The fraction of sp³-hybridized carbons (Fsp3) is 0.333. The van der Waals surface area contributed by atoms with Gasteiger partial charge in [0, 0.05) is 18.5 Å². The summed E-state index contributed by atoms with van der Waals surface area (Å²) in [5.41, 5.74) is 0.640. The molecular weight excluding hydrogens is 394 g/mol. The average molecular weight is 419 g/mol. The van der Waals surface area contributed by atoms with Gasteiger partial charge in [0.2, 0.25) is 0 Å². The molecule has 31 heavy (non-hydrogen) atoms. The van der Waals surface area contributed by atoms with Crippen LogP contribution in [0.3, 0.4) is 0 Å². The standard InChI is InChI=1S/C24H25N3O4/c1-17-8-7-13-26(14-17)21(28)16-31-24(30)22-19-11-5-6-12-20(19)23(29)27(25-22)15-18-9-3-2-4-10-18/h2-6,9-12,17H,7-8,13-16H2,1H3/t17-/m1/s1. The predicted octanol–water partition coefficient (Wildman–Crippen LogP) is 2.86. The zero-order valence-corrected chi connectivity index (χ0v) is 17.5. The number of likely N-dealkylation sites (tertiary alicyclic amines) is 1. The lowest BCUT2D eigenvalue weighted by Gasteiger charge is -2.30. The summed E-state index contributed by atoms with van der Waals surface area (Å²) in [6, 6.07) is 16.2. The Morgan fingerprint density at radius 3 is 2.52 bits per heavy atom. The van der Waals surface area contributed by atoms with E-state index >= 15 is 0 Å². The summed E-state index contributed by atoms with van der Waals surface area (Å²) in [4.78, 5) is 40.0. The first-order valence-corrected chi connectivity index (χ1v) is 10.5. The number of ether oxygens (including phenoxy) is 1. The van der Waals surface area contributed by atoms with Gasteiger partial charge in [-0.15, -0.1) is 0 Å². The minimum absolute atomic E-state index is 0.0333. The zero-order valence-electron chi connectivity index (χ0n) is 17.5. The van der Waals surface area contributed by atoms with Crippen molar-refractivity contribution in [2.24, 2.45) is 5.92 Å². The summed E-state index contributed by atoms with van der Waals surface area (Å²) in [6.45, 7) is 3.37. The number of rotatable bonds is 5. The van der Waals surface area contributed by atoms with E-state index in [1.807, 2.05) is 30.3 Å². The molecule has 7 heteroatoms. The lowest BCUT2D eigenvalue weighted by atomic mass is 10.0. The third-order valence-corrected chi connectivity index (χ3v) is 5.57. The van der Waals surface area contributed by atoms with Crippen molar-refractivity contribution < 1.29 is 14.3 Å². The third-order valence-electron chi connectivity index (χ3n) is 5.57.